The van der Waals surface area contributed by atoms with Crippen LogP contribution in [0.15, 0.2) is 77.7 Å². The lowest BCUT2D eigenvalue weighted by molar-refractivity contribution is -0.117. The minimum atomic E-state index is -0.788. The van der Waals surface area contributed by atoms with Gasteiger partial charge >= 0.3 is 5.69 Å². The molecule has 0 aliphatic rings. The van der Waals surface area contributed by atoms with Gasteiger partial charge in [-0.1, -0.05) is 41.9 Å². The lowest BCUT2D eigenvalue weighted by atomic mass is 10.1. The molecule has 2 amide bonds. The van der Waals surface area contributed by atoms with Crippen LogP contribution in [0.1, 0.15) is 22.8 Å². The van der Waals surface area contributed by atoms with Crippen LogP contribution in [0.3, 0.4) is 0 Å². The van der Waals surface area contributed by atoms with Crippen molar-refractivity contribution in [3.05, 3.63) is 99.6 Å². The molecule has 0 spiro atoms. The number of hydrogen-bond acceptors (Lipinski definition) is 4. The fraction of sp³-hybridized carbons (Fsp3) is 0.130. The van der Waals surface area contributed by atoms with Gasteiger partial charge in [-0.3, -0.25) is 14.0 Å². The minimum Gasteiger partial charge on any atom is -0.340 e. The van der Waals surface area contributed by atoms with E-state index in [1.807, 2.05) is 12.1 Å². The average molecular weight is 450 g/mol. The summed E-state index contributed by atoms with van der Waals surface area (Å²) >= 11 is 6.04. The fourth-order valence-corrected chi connectivity index (χ4v) is 3.45. The monoisotopic (exact) mass is 449 g/mol. The summed E-state index contributed by atoms with van der Waals surface area (Å²) in [4.78, 5) is 37.4. The molecule has 2 aromatic carbocycles. The maximum absolute atomic E-state index is 12.6. The number of fused-ring (bicyclic) bond motifs is 1. The Labute approximate surface area is 188 Å². The number of halogens is 1. The second-order valence-corrected chi connectivity index (χ2v) is 7.64. The molecule has 2 aromatic heterocycles. The number of aromatic nitrogens is 3. The highest BCUT2D eigenvalue weighted by Gasteiger charge is 2.18. The first-order valence-electron chi connectivity index (χ1n) is 9.92. The smallest absolute Gasteiger partial charge is 0.340 e. The molecule has 0 aliphatic carbocycles. The predicted octanol–water partition coefficient (Wildman–Crippen LogP) is 2.95. The van der Waals surface area contributed by atoms with Crippen molar-refractivity contribution < 1.29 is 9.59 Å². The summed E-state index contributed by atoms with van der Waals surface area (Å²) in [6.45, 7) is 1.84. The number of rotatable bonds is 6. The topological polar surface area (TPSA) is 97.5 Å². The zero-order chi connectivity index (χ0) is 22.7. The van der Waals surface area contributed by atoms with Gasteiger partial charge in [-0.15, -0.1) is 5.10 Å². The first-order valence-corrected chi connectivity index (χ1v) is 10.3. The second-order valence-electron chi connectivity index (χ2n) is 7.23. The van der Waals surface area contributed by atoms with Crippen molar-refractivity contribution in [1.82, 2.24) is 19.5 Å². The minimum absolute atomic E-state index is 0.244. The van der Waals surface area contributed by atoms with Crippen LogP contribution in [0.25, 0.3) is 5.65 Å². The maximum Gasteiger partial charge on any atom is 0.350 e. The lowest BCUT2D eigenvalue weighted by Crippen LogP contribution is -2.41. The van der Waals surface area contributed by atoms with Gasteiger partial charge < -0.3 is 10.6 Å². The first kappa shape index (κ1) is 21.3. The van der Waals surface area contributed by atoms with Gasteiger partial charge in [0.05, 0.1) is 17.1 Å². The van der Waals surface area contributed by atoms with Crippen LogP contribution in [0.4, 0.5) is 5.69 Å². The van der Waals surface area contributed by atoms with E-state index < -0.39 is 11.9 Å². The van der Waals surface area contributed by atoms with Crippen LogP contribution in [0.2, 0.25) is 5.02 Å². The molecule has 0 radical (unpaired) electrons. The van der Waals surface area contributed by atoms with E-state index in [-0.39, 0.29) is 18.1 Å². The van der Waals surface area contributed by atoms with Crippen molar-refractivity contribution in [2.24, 2.45) is 0 Å². The Morgan fingerprint density at radius 2 is 1.84 bits per heavy atom. The highest BCUT2D eigenvalue weighted by Crippen LogP contribution is 2.15. The van der Waals surface area contributed by atoms with Crippen LogP contribution < -0.4 is 16.3 Å². The van der Waals surface area contributed by atoms with Gasteiger partial charge in [0.1, 0.15) is 6.04 Å². The molecule has 0 aliphatic heterocycles. The molecule has 2 N–H and O–H groups in total. The number of benzene rings is 2. The molecular weight excluding hydrogens is 430 g/mol. The Hall–Kier alpha value is -3.91. The molecule has 0 bridgehead atoms. The lowest BCUT2D eigenvalue weighted by Gasteiger charge is -2.15. The van der Waals surface area contributed by atoms with Gasteiger partial charge in [-0.2, -0.15) is 0 Å². The van der Waals surface area contributed by atoms with Crippen molar-refractivity contribution >= 4 is 34.7 Å². The van der Waals surface area contributed by atoms with E-state index >= 15 is 0 Å². The molecule has 9 heteroatoms. The molecular formula is C23H20ClN5O3. The number of nitrogens with zero attached hydrogens (tertiary/aromatic N) is 3. The van der Waals surface area contributed by atoms with Crippen molar-refractivity contribution in [3.63, 3.8) is 0 Å². The standard InChI is InChI=1S/C23H20ClN5O3/c1-15(25-22(31)18-9-2-3-10-19(18)24)21(30)26-17-8-6-7-16(13-17)14-29-23(32)28-12-5-4-11-20(28)27-29/h2-13,15H,14H2,1H3,(H,25,31)(H,26,30). The molecule has 2 heterocycles. The second kappa shape index (κ2) is 9.07. The van der Waals surface area contributed by atoms with E-state index in [9.17, 15) is 14.4 Å². The first-order chi connectivity index (χ1) is 15.4. The summed E-state index contributed by atoms with van der Waals surface area (Å²) < 4.78 is 2.83. The van der Waals surface area contributed by atoms with Crippen LogP contribution in [0.5, 0.6) is 0 Å². The molecule has 162 valence electrons. The number of pyridine rings is 1. The van der Waals surface area contributed by atoms with E-state index in [2.05, 4.69) is 15.7 Å². The molecule has 8 nitrogen and oxygen atoms in total. The molecule has 4 aromatic rings. The van der Waals surface area contributed by atoms with Crippen molar-refractivity contribution in [2.75, 3.05) is 5.32 Å². The third-order valence-electron chi connectivity index (χ3n) is 4.87. The normalized spacial score (nSPS) is 11.8. The van der Waals surface area contributed by atoms with E-state index in [1.165, 1.54) is 9.08 Å². The quantitative estimate of drug-likeness (QED) is 0.473. The molecule has 4 rings (SSSR count). The highest BCUT2D eigenvalue weighted by molar-refractivity contribution is 6.33. The highest BCUT2D eigenvalue weighted by atomic mass is 35.5. The molecule has 0 saturated carbocycles. The van der Waals surface area contributed by atoms with Gasteiger partial charge in [-0.05, 0) is 48.9 Å². The Morgan fingerprint density at radius 1 is 1.06 bits per heavy atom. The summed E-state index contributed by atoms with van der Waals surface area (Å²) in [6.07, 6.45) is 1.66. The number of anilines is 1. The van der Waals surface area contributed by atoms with Gasteiger partial charge in [0.15, 0.2) is 5.65 Å². The summed E-state index contributed by atoms with van der Waals surface area (Å²) in [7, 11) is 0. The number of hydrogen-bond donors (Lipinski definition) is 2. The van der Waals surface area contributed by atoms with Gasteiger partial charge in [0.2, 0.25) is 5.91 Å². The predicted molar refractivity (Wildman–Crippen MR) is 122 cm³/mol. The third-order valence-corrected chi connectivity index (χ3v) is 5.20. The van der Waals surface area contributed by atoms with Crippen LogP contribution in [-0.2, 0) is 11.3 Å². The van der Waals surface area contributed by atoms with Crippen LogP contribution >= 0.6 is 11.6 Å². The number of nitrogens with one attached hydrogen (secondary N) is 2. The van der Waals surface area contributed by atoms with E-state index in [1.54, 1.807) is 67.7 Å². The number of carbonyl (C=O) groups excluding carboxylic acids is 2. The third kappa shape index (κ3) is 4.55. The average Bonchev–Trinajstić information content (AvgIpc) is 3.09. The van der Waals surface area contributed by atoms with Crippen molar-refractivity contribution in [3.8, 4) is 0 Å². The van der Waals surface area contributed by atoms with Gasteiger partial charge in [0, 0.05) is 11.9 Å². The van der Waals surface area contributed by atoms with E-state index in [0.717, 1.165) is 5.56 Å². The Morgan fingerprint density at radius 3 is 2.62 bits per heavy atom. The molecule has 0 saturated heterocycles. The maximum atomic E-state index is 12.6. The molecule has 1 unspecified atom stereocenters. The number of carbonyl (C=O) groups is 2. The fourth-order valence-electron chi connectivity index (χ4n) is 3.23. The van der Waals surface area contributed by atoms with Crippen molar-refractivity contribution in [1.29, 1.82) is 0 Å². The van der Waals surface area contributed by atoms with Crippen LogP contribution in [0, 0.1) is 0 Å². The van der Waals surface area contributed by atoms with Crippen LogP contribution in [-0.4, -0.2) is 32.0 Å². The molecule has 0 fully saturated rings. The molecule has 32 heavy (non-hydrogen) atoms. The van der Waals surface area contributed by atoms with Crippen molar-refractivity contribution in [2.45, 2.75) is 19.5 Å². The summed E-state index contributed by atoms with van der Waals surface area (Å²) in [5, 5.41) is 10.1. The summed E-state index contributed by atoms with van der Waals surface area (Å²) in [6, 6.07) is 18.3. The Bertz CT molecular complexity index is 1360. The van der Waals surface area contributed by atoms with E-state index in [4.69, 9.17) is 11.6 Å². The summed E-state index contributed by atoms with van der Waals surface area (Å²) in [5.41, 5.74) is 1.95. The largest absolute Gasteiger partial charge is 0.350 e. The van der Waals surface area contributed by atoms with Gasteiger partial charge in [0.25, 0.3) is 5.91 Å². The number of amides is 2. The zero-order valence-electron chi connectivity index (χ0n) is 17.2. The SMILES string of the molecule is CC(NC(=O)c1ccccc1Cl)C(=O)Nc1cccc(Cn2nc3ccccn3c2=O)c1. The van der Waals surface area contributed by atoms with E-state index in [0.29, 0.717) is 21.9 Å². The zero-order valence-corrected chi connectivity index (χ0v) is 17.9. The molecule has 1 atom stereocenters. The Balaban J connectivity index is 1.43. The Kier molecular flexibility index (Phi) is 6.04. The summed E-state index contributed by atoms with van der Waals surface area (Å²) in [5.74, 6) is -0.814. The van der Waals surface area contributed by atoms with Gasteiger partial charge in [-0.25, -0.2) is 9.48 Å².